The van der Waals surface area contributed by atoms with Crippen molar-refractivity contribution in [3.8, 4) is 0 Å². The third-order valence-electron chi connectivity index (χ3n) is 9.05. The molecule has 0 spiro atoms. The number of carbonyl (C=O) groups is 1. The van der Waals surface area contributed by atoms with Crippen LogP contribution in [0.3, 0.4) is 0 Å². The number of phosphoric acid groups is 3. The van der Waals surface area contributed by atoms with Crippen molar-refractivity contribution in [2.75, 3.05) is 85.1 Å². The Bertz CT molecular complexity index is 1450. The number of ether oxygens (including phenoxy) is 1. The van der Waals surface area contributed by atoms with Crippen LogP contribution in [0.1, 0.15) is 96.2 Å². The van der Waals surface area contributed by atoms with Crippen LogP contribution in [0.25, 0.3) is 0 Å². The highest BCUT2D eigenvalue weighted by Gasteiger charge is 2.47. The first-order chi connectivity index (χ1) is 27.9. The lowest BCUT2D eigenvalue weighted by molar-refractivity contribution is -0.121. The van der Waals surface area contributed by atoms with Gasteiger partial charge in [0.05, 0.1) is 6.61 Å². The van der Waals surface area contributed by atoms with Gasteiger partial charge in [-0.15, -0.1) is 0 Å². The van der Waals surface area contributed by atoms with E-state index in [1.165, 1.54) is 89.3 Å². The molecule has 25 heteroatoms. The highest BCUT2D eigenvalue weighted by molar-refractivity contribution is 7.71. The van der Waals surface area contributed by atoms with E-state index in [-0.39, 0.29) is 4.77 Å². The standard InChI is InChI=1S/C11H18N3O14P3S.4C6H15N/c1-5(15)12-8-9(17)6(26-10(8)14-3-2-7(16)13-11(14)32)4-25-30(21,22)28-31(23,24)27-29(18,19)20;4*1-4-7(5-2)6-3/h2-3,6,8-10,17H,4H2,1H3,(H,12,15)(H,21,22)(H,23,24)(H,13,16,32)(H2,18,19,20);4*4-6H2,1-3H3/t6-,8-,9-,10-;;;;/m1..../s1. The Balaban J connectivity index is -0.000000930. The molecule has 1 fully saturated rings. The normalized spacial score (nSPS) is 19.4. The van der Waals surface area contributed by atoms with Gasteiger partial charge in [-0.3, -0.25) is 23.7 Å². The van der Waals surface area contributed by atoms with E-state index < -0.39 is 66.0 Å². The number of aromatic amines is 1. The molecule has 0 aromatic carbocycles. The Kier molecular flexibility index (Phi) is 35.9. The number of aliphatic hydroxyl groups is 1. The average Bonchev–Trinajstić information content (AvgIpc) is 3.46. The van der Waals surface area contributed by atoms with Crippen LogP contribution in [-0.4, -0.2) is 163 Å². The first kappa shape index (κ1) is 63.0. The van der Waals surface area contributed by atoms with E-state index in [0.29, 0.717) is 0 Å². The van der Waals surface area contributed by atoms with Gasteiger partial charge < -0.3 is 54.3 Å². The van der Waals surface area contributed by atoms with Gasteiger partial charge in [-0.2, -0.15) is 8.62 Å². The summed E-state index contributed by atoms with van der Waals surface area (Å²) >= 11 is 5.01. The minimum Gasteiger partial charge on any atom is -0.388 e. The van der Waals surface area contributed by atoms with Gasteiger partial charge in [0.15, 0.2) is 11.0 Å². The molecule has 6 atom stereocenters. The Labute approximate surface area is 363 Å². The van der Waals surface area contributed by atoms with E-state index >= 15 is 0 Å². The molecule has 21 nitrogen and oxygen atoms in total. The van der Waals surface area contributed by atoms with Gasteiger partial charge in [0.25, 0.3) is 5.56 Å². The molecule has 358 valence electrons. The van der Waals surface area contributed by atoms with Crippen molar-refractivity contribution in [3.05, 3.63) is 27.4 Å². The molecule has 0 aliphatic carbocycles. The van der Waals surface area contributed by atoms with Crippen LogP contribution in [0, 0.1) is 4.77 Å². The first-order valence-electron chi connectivity index (χ1n) is 20.5. The van der Waals surface area contributed by atoms with Gasteiger partial charge in [-0.1, -0.05) is 83.1 Å². The van der Waals surface area contributed by atoms with Gasteiger partial charge >= 0.3 is 23.5 Å². The molecule has 2 unspecified atom stereocenters. The molecule has 2 heterocycles. The monoisotopic (exact) mass is 945 g/mol. The summed E-state index contributed by atoms with van der Waals surface area (Å²) < 4.78 is 52.0. The van der Waals surface area contributed by atoms with Crippen molar-refractivity contribution >= 4 is 41.6 Å². The molecular formula is C35H78N7O14P3S. The Morgan fingerprint density at radius 1 is 0.733 bits per heavy atom. The molecule has 1 aromatic rings. The maximum Gasteiger partial charge on any atom is 0.490 e. The smallest absolute Gasteiger partial charge is 0.388 e. The molecule has 0 bridgehead atoms. The second-order valence-corrected chi connectivity index (χ2v) is 17.5. The fraction of sp³-hybridized carbons (Fsp3) is 0.857. The second kappa shape index (κ2) is 34.2. The molecule has 0 radical (unpaired) electrons. The minimum atomic E-state index is -5.73. The van der Waals surface area contributed by atoms with Crippen molar-refractivity contribution in [1.29, 1.82) is 0 Å². The van der Waals surface area contributed by atoms with Crippen LogP contribution in [0.15, 0.2) is 17.1 Å². The van der Waals surface area contributed by atoms with Gasteiger partial charge in [-0.25, -0.2) is 13.7 Å². The number of nitrogens with one attached hydrogen (secondary N) is 2. The highest BCUT2D eigenvalue weighted by Crippen LogP contribution is 2.66. The summed E-state index contributed by atoms with van der Waals surface area (Å²) in [4.78, 5) is 70.4. The Hall–Kier alpha value is -1.26. The molecule has 1 amide bonds. The number of H-pyrrole nitrogens is 1. The summed E-state index contributed by atoms with van der Waals surface area (Å²) in [6.45, 7) is 40.7. The molecule has 7 N–H and O–H groups in total. The van der Waals surface area contributed by atoms with Crippen molar-refractivity contribution in [2.24, 2.45) is 0 Å². The van der Waals surface area contributed by atoms with Gasteiger partial charge in [0.2, 0.25) is 5.91 Å². The lowest BCUT2D eigenvalue weighted by atomic mass is 10.1. The third-order valence-corrected chi connectivity index (χ3v) is 13.2. The minimum absolute atomic E-state index is 0.140. The lowest BCUT2D eigenvalue weighted by Gasteiger charge is -2.23. The largest absolute Gasteiger partial charge is 0.490 e. The zero-order chi connectivity index (χ0) is 47.3. The maximum atomic E-state index is 11.9. The average molecular weight is 946 g/mol. The summed E-state index contributed by atoms with van der Waals surface area (Å²) in [5.41, 5.74) is -0.537. The van der Waals surface area contributed by atoms with E-state index in [0.717, 1.165) is 13.0 Å². The topological polar surface area (TPSA) is 269 Å². The summed E-state index contributed by atoms with van der Waals surface area (Å²) in [6, 6.07) is -0.102. The molecule has 1 aliphatic rings. The van der Waals surface area contributed by atoms with Crippen LogP contribution in [0.4, 0.5) is 0 Å². The summed E-state index contributed by atoms with van der Waals surface area (Å²) in [5, 5.41) is 12.9. The van der Waals surface area contributed by atoms with Gasteiger partial charge in [-0.05, 0) is 90.8 Å². The first-order valence-corrected chi connectivity index (χ1v) is 25.4. The highest BCUT2D eigenvalue weighted by atomic mass is 32.1. The zero-order valence-corrected chi connectivity index (χ0v) is 41.6. The molecule has 1 aromatic heterocycles. The number of amides is 1. The number of nitrogens with zero attached hydrogens (tertiary/aromatic N) is 5. The SMILES string of the molecule is CC(=O)N[C@@H]1[C@H](O)[C@@H](COP(=O)(O)OP(=O)(O)OP(=O)(O)O)O[C@H]1n1ccc(=O)[nH]c1=S.CCN(CC)CC.CCN(CC)CC.CCN(CC)CC.CCN(CC)CC. The van der Waals surface area contributed by atoms with E-state index in [2.05, 4.69) is 126 Å². The van der Waals surface area contributed by atoms with E-state index in [4.69, 9.17) is 31.6 Å². The molecule has 1 saturated heterocycles. The van der Waals surface area contributed by atoms with Crippen LogP contribution >= 0.6 is 35.7 Å². The predicted octanol–water partition coefficient (Wildman–Crippen LogP) is 4.40. The van der Waals surface area contributed by atoms with Crippen molar-refractivity contribution in [1.82, 2.24) is 34.5 Å². The Morgan fingerprint density at radius 2 is 1.10 bits per heavy atom. The summed E-state index contributed by atoms with van der Waals surface area (Å²) in [7, 11) is -16.8. The molecule has 1 aliphatic heterocycles. The van der Waals surface area contributed by atoms with E-state index in [9.17, 15) is 33.3 Å². The third kappa shape index (κ3) is 29.2. The number of aliphatic hydroxyl groups excluding tert-OH is 1. The van der Waals surface area contributed by atoms with Crippen molar-refractivity contribution in [3.63, 3.8) is 0 Å². The number of hydrogen-bond donors (Lipinski definition) is 7. The number of aromatic nitrogens is 2. The van der Waals surface area contributed by atoms with Gasteiger partial charge in [0.1, 0.15) is 18.2 Å². The van der Waals surface area contributed by atoms with Crippen LogP contribution < -0.4 is 10.9 Å². The molecule has 60 heavy (non-hydrogen) atoms. The Morgan fingerprint density at radius 3 is 1.38 bits per heavy atom. The zero-order valence-electron chi connectivity index (χ0n) is 38.1. The van der Waals surface area contributed by atoms with Crippen LogP contribution in [0.5, 0.6) is 0 Å². The van der Waals surface area contributed by atoms with E-state index in [1.54, 1.807) is 0 Å². The quantitative estimate of drug-likeness (QED) is 0.0665. The molecule has 2 rings (SSSR count). The van der Waals surface area contributed by atoms with Crippen LogP contribution in [0.2, 0.25) is 0 Å². The molecular weight excluding hydrogens is 867 g/mol. The number of carbonyl (C=O) groups excluding carboxylic acids is 1. The van der Waals surface area contributed by atoms with Crippen LogP contribution in [-0.2, 0) is 36.4 Å². The van der Waals surface area contributed by atoms with Gasteiger partial charge in [0, 0.05) is 19.2 Å². The van der Waals surface area contributed by atoms with E-state index in [1.807, 2.05) is 0 Å². The fourth-order valence-electron chi connectivity index (χ4n) is 5.29. The lowest BCUT2D eigenvalue weighted by Crippen LogP contribution is -2.46. The van der Waals surface area contributed by atoms with Crippen molar-refractivity contribution in [2.45, 2.75) is 114 Å². The summed E-state index contributed by atoms with van der Waals surface area (Å²) in [5.74, 6) is -0.591. The van der Waals surface area contributed by atoms with Crippen molar-refractivity contribution < 1.29 is 61.1 Å². The fourth-order valence-corrected chi connectivity index (χ4v) is 8.59. The maximum absolute atomic E-state index is 11.9. The molecule has 0 saturated carbocycles. The number of phosphoric ester groups is 1. The number of hydrogen-bond acceptors (Lipinski definition) is 15. The number of rotatable bonds is 21. The summed E-state index contributed by atoms with van der Waals surface area (Å²) in [6.07, 6.45) is -3.04. The second-order valence-electron chi connectivity index (χ2n) is 12.7. The predicted molar refractivity (Wildman–Crippen MR) is 237 cm³/mol.